The largest absolute Gasteiger partial charge is 0.573 e. The number of aryl methyl sites for hydroxylation is 1. The fourth-order valence-corrected chi connectivity index (χ4v) is 5.50. The number of nitrogens with one attached hydrogen (secondary N) is 1. The number of ether oxygens (including phenoxy) is 1. The van der Waals surface area contributed by atoms with Crippen molar-refractivity contribution >= 4 is 16.7 Å². The van der Waals surface area contributed by atoms with E-state index in [0.717, 1.165) is 25.9 Å². The van der Waals surface area contributed by atoms with E-state index in [9.17, 15) is 17.4 Å². The average molecular weight is 458 g/mol. The first-order valence-corrected chi connectivity index (χ1v) is 11.4. The third kappa shape index (κ3) is 5.58. The van der Waals surface area contributed by atoms with Crippen molar-refractivity contribution in [3.63, 3.8) is 0 Å². The summed E-state index contributed by atoms with van der Waals surface area (Å²) in [6.07, 6.45) is 2.04. The molecule has 1 N–H and O–H groups in total. The van der Waals surface area contributed by atoms with Crippen LogP contribution in [0.4, 0.5) is 18.9 Å². The minimum atomic E-state index is -4.74. The van der Waals surface area contributed by atoms with Gasteiger partial charge in [-0.15, -0.1) is 13.2 Å². The van der Waals surface area contributed by atoms with Crippen LogP contribution in [0.3, 0.4) is 0 Å². The number of hydrogen-bond acceptors (Lipinski definition) is 5. The number of halogens is 3. The van der Waals surface area contributed by atoms with Gasteiger partial charge in [0.25, 0.3) is 0 Å². The first kappa shape index (κ1) is 22.1. The van der Waals surface area contributed by atoms with Crippen LogP contribution in [0.15, 0.2) is 41.8 Å². The molecule has 3 atom stereocenters. The van der Waals surface area contributed by atoms with Crippen LogP contribution in [0.1, 0.15) is 19.3 Å². The Morgan fingerprint density at radius 3 is 2.65 bits per heavy atom. The lowest BCUT2D eigenvalue weighted by atomic mass is 10.0. The molecule has 3 heterocycles. The number of nitrogens with zero attached hydrogens (tertiary/aromatic N) is 4. The van der Waals surface area contributed by atoms with E-state index in [1.54, 1.807) is 23.2 Å². The Balaban J connectivity index is 1.52. The fourth-order valence-electron chi connectivity index (χ4n) is 4.26. The molecule has 170 valence electrons. The molecule has 1 aromatic heterocycles. The molecule has 7 nitrogen and oxygen atoms in total. The van der Waals surface area contributed by atoms with Crippen LogP contribution >= 0.6 is 0 Å². The zero-order valence-electron chi connectivity index (χ0n) is 17.2. The maximum atomic E-state index is 13.1. The maximum absolute atomic E-state index is 13.1. The molecule has 4 rings (SSSR count). The Morgan fingerprint density at radius 2 is 1.97 bits per heavy atom. The maximum Gasteiger partial charge on any atom is 0.573 e. The molecule has 11 heteroatoms. The van der Waals surface area contributed by atoms with Crippen LogP contribution in [-0.4, -0.2) is 67.6 Å². The second kappa shape index (κ2) is 9.17. The molecule has 0 amide bonds. The summed E-state index contributed by atoms with van der Waals surface area (Å²) in [4.78, 5) is 6.61. The number of anilines is 1. The quantitative estimate of drug-likeness (QED) is 0.723. The van der Waals surface area contributed by atoms with Gasteiger partial charge in [-0.2, -0.15) is 0 Å². The summed E-state index contributed by atoms with van der Waals surface area (Å²) >= 11 is 0. The topological polar surface area (TPSA) is 62.6 Å². The van der Waals surface area contributed by atoms with Gasteiger partial charge < -0.3 is 14.6 Å². The number of alkyl halides is 3. The smallest absolute Gasteiger partial charge is 0.406 e. The van der Waals surface area contributed by atoms with Crippen molar-refractivity contribution in [1.82, 2.24) is 18.8 Å². The van der Waals surface area contributed by atoms with Gasteiger partial charge in [0, 0.05) is 44.1 Å². The van der Waals surface area contributed by atoms with Crippen molar-refractivity contribution in [3.8, 4) is 5.75 Å². The Morgan fingerprint density at radius 1 is 1.19 bits per heavy atom. The third-order valence-corrected chi connectivity index (χ3v) is 6.97. The number of aromatic nitrogens is 2. The minimum absolute atomic E-state index is 0.0908. The molecule has 0 spiro atoms. The van der Waals surface area contributed by atoms with E-state index >= 15 is 0 Å². The highest BCUT2D eigenvalue weighted by atomic mass is 32.2. The molecule has 1 aromatic carbocycles. The zero-order chi connectivity index (χ0) is 22.0. The third-order valence-electron chi connectivity index (χ3n) is 5.63. The second-order valence-corrected chi connectivity index (χ2v) is 9.40. The lowest BCUT2D eigenvalue weighted by Gasteiger charge is -2.35. The number of piperidine rings is 1. The highest BCUT2D eigenvalue weighted by Gasteiger charge is 2.40. The van der Waals surface area contributed by atoms with Crippen molar-refractivity contribution < 1.29 is 22.1 Å². The summed E-state index contributed by atoms with van der Waals surface area (Å²) in [6, 6.07) is 5.87. The summed E-state index contributed by atoms with van der Waals surface area (Å²) in [6.45, 7) is 3.02. The molecule has 0 saturated carbocycles. The van der Waals surface area contributed by atoms with Crippen molar-refractivity contribution in [1.29, 1.82) is 0 Å². The van der Waals surface area contributed by atoms with Gasteiger partial charge in [-0.1, -0.05) is 12.5 Å². The zero-order valence-corrected chi connectivity index (χ0v) is 18.0. The minimum Gasteiger partial charge on any atom is -0.406 e. The normalized spacial score (nSPS) is 24.3. The summed E-state index contributed by atoms with van der Waals surface area (Å²) < 4.78 is 58.5. The molecule has 2 saturated heterocycles. The van der Waals surface area contributed by atoms with Crippen LogP contribution in [0.5, 0.6) is 5.75 Å². The van der Waals surface area contributed by atoms with Gasteiger partial charge >= 0.3 is 6.36 Å². The molecule has 2 aromatic rings. The van der Waals surface area contributed by atoms with Gasteiger partial charge in [-0.05, 0) is 38.1 Å². The highest BCUT2D eigenvalue weighted by molar-refractivity contribution is 7.82. The van der Waals surface area contributed by atoms with Gasteiger partial charge in [0.05, 0.1) is 12.4 Å². The monoisotopic (exact) mass is 457 g/mol. The van der Waals surface area contributed by atoms with Crippen LogP contribution < -0.4 is 10.1 Å². The van der Waals surface area contributed by atoms with E-state index in [0.29, 0.717) is 23.8 Å². The predicted molar refractivity (Wildman–Crippen MR) is 111 cm³/mol. The number of likely N-dealkylation sites (tertiary alicyclic amines) is 1. The summed E-state index contributed by atoms with van der Waals surface area (Å²) in [7, 11) is 0.430. The first-order valence-electron chi connectivity index (χ1n) is 10.3. The van der Waals surface area contributed by atoms with Crippen molar-refractivity contribution in [3.05, 3.63) is 36.8 Å². The second-order valence-electron chi connectivity index (χ2n) is 7.96. The first-order chi connectivity index (χ1) is 14.8. The van der Waals surface area contributed by atoms with E-state index < -0.39 is 17.3 Å². The van der Waals surface area contributed by atoms with E-state index in [2.05, 4.69) is 19.9 Å². The number of benzene rings is 1. The van der Waals surface area contributed by atoms with Crippen molar-refractivity contribution in [2.45, 2.75) is 42.7 Å². The average Bonchev–Trinajstić information content (AvgIpc) is 3.34. The standard InChI is InChI=1S/C20H26F3N5O2S/c1-26-13-19(24-14-26)31(29)28-11-17(18(12-28)27-8-3-2-4-9-27)25-15-6-5-7-16(10-15)30-20(21,22)23/h5-7,10,13-14,17-18,25H,2-4,8-9,11-12H2,1H3/t17-,18?,31?/m0/s1. The summed E-state index contributed by atoms with van der Waals surface area (Å²) in [5, 5.41) is 3.87. The van der Waals surface area contributed by atoms with Crippen molar-refractivity contribution in [2.24, 2.45) is 7.05 Å². The Kier molecular flexibility index (Phi) is 6.54. The SMILES string of the molecule is Cn1cnc(S(=O)N2CC(N3CCCCC3)[C@@H](Nc3cccc(OC(F)(F)F)c3)C2)c1. The van der Waals surface area contributed by atoms with E-state index in [-0.39, 0.29) is 17.8 Å². The van der Waals surface area contributed by atoms with Crippen LogP contribution in [0.25, 0.3) is 0 Å². The van der Waals surface area contributed by atoms with E-state index in [1.807, 2.05) is 11.4 Å². The molecular weight excluding hydrogens is 431 g/mol. The highest BCUT2D eigenvalue weighted by Crippen LogP contribution is 2.29. The van der Waals surface area contributed by atoms with Gasteiger partial charge in [0.2, 0.25) is 0 Å². The molecule has 2 aliphatic rings. The van der Waals surface area contributed by atoms with Gasteiger partial charge in [0.1, 0.15) is 16.7 Å². The fraction of sp³-hybridized carbons (Fsp3) is 0.550. The summed E-state index contributed by atoms with van der Waals surface area (Å²) in [5.41, 5.74) is 0.541. The Bertz CT molecular complexity index is 916. The van der Waals surface area contributed by atoms with Gasteiger partial charge in [-0.25, -0.2) is 13.5 Å². The predicted octanol–water partition coefficient (Wildman–Crippen LogP) is 2.99. The van der Waals surface area contributed by atoms with E-state index in [4.69, 9.17) is 0 Å². The Labute approximate surface area is 181 Å². The van der Waals surface area contributed by atoms with Crippen LogP contribution in [-0.2, 0) is 18.0 Å². The van der Waals surface area contributed by atoms with E-state index in [1.165, 1.54) is 24.6 Å². The molecule has 2 aliphatic heterocycles. The lowest BCUT2D eigenvalue weighted by Crippen LogP contribution is -2.48. The number of hydrogen-bond donors (Lipinski definition) is 1. The van der Waals surface area contributed by atoms with Gasteiger partial charge in [0.15, 0.2) is 5.03 Å². The molecule has 2 unspecified atom stereocenters. The molecule has 2 fully saturated rings. The van der Waals surface area contributed by atoms with Gasteiger partial charge in [-0.3, -0.25) is 4.90 Å². The van der Waals surface area contributed by atoms with Crippen LogP contribution in [0.2, 0.25) is 0 Å². The molecule has 31 heavy (non-hydrogen) atoms. The molecular formula is C20H26F3N5O2S. The summed E-state index contributed by atoms with van der Waals surface area (Å²) in [5.74, 6) is -0.265. The molecule has 0 aliphatic carbocycles. The lowest BCUT2D eigenvalue weighted by molar-refractivity contribution is -0.274. The number of rotatable bonds is 6. The molecule has 0 bridgehead atoms. The molecule has 0 radical (unpaired) electrons. The number of imidazole rings is 1. The van der Waals surface area contributed by atoms with Crippen molar-refractivity contribution in [2.75, 3.05) is 31.5 Å². The Hall–Kier alpha value is -2.11. The van der Waals surface area contributed by atoms with Crippen LogP contribution in [0, 0.1) is 0 Å².